The van der Waals surface area contributed by atoms with Crippen LogP contribution in [0.25, 0.3) is 0 Å². The van der Waals surface area contributed by atoms with E-state index in [9.17, 15) is 19.8 Å². The van der Waals surface area contributed by atoms with Gasteiger partial charge < -0.3 is 20.1 Å². The topological polar surface area (TPSA) is 125 Å². The summed E-state index contributed by atoms with van der Waals surface area (Å²) >= 11 is 1.73. The lowest BCUT2D eigenvalue weighted by Gasteiger charge is -2.17. The van der Waals surface area contributed by atoms with Crippen LogP contribution in [0.5, 0.6) is 0 Å². The number of hydrogen-bond donors (Lipinski definition) is 4. The first-order chi connectivity index (χ1) is 8.45. The minimum atomic E-state index is -1.36. The molecule has 2 heterocycles. The zero-order valence-corrected chi connectivity index (χ0v) is 11.1. The van der Waals surface area contributed by atoms with Crippen molar-refractivity contribution in [3.05, 3.63) is 30.6 Å². The van der Waals surface area contributed by atoms with E-state index in [0.717, 1.165) is 4.57 Å². The summed E-state index contributed by atoms with van der Waals surface area (Å²) in [5.41, 5.74) is -1.29. The molecule has 0 aliphatic carbocycles. The predicted molar refractivity (Wildman–Crippen MR) is 67.0 cm³/mol. The van der Waals surface area contributed by atoms with Gasteiger partial charge in [-0.05, 0) is 22.6 Å². The molecular formula is C9H11IN2O6. The van der Waals surface area contributed by atoms with E-state index in [4.69, 9.17) is 9.84 Å². The number of halogens is 1. The van der Waals surface area contributed by atoms with Gasteiger partial charge in [-0.25, -0.2) is 4.79 Å². The second-order valence-corrected chi connectivity index (χ2v) is 5.03. The molecule has 1 aromatic heterocycles. The Kier molecular flexibility index (Phi) is 3.87. The first-order valence-electron chi connectivity index (χ1n) is 5.09. The van der Waals surface area contributed by atoms with Crippen LogP contribution in [-0.4, -0.2) is 49.8 Å². The van der Waals surface area contributed by atoms with Crippen LogP contribution in [0.4, 0.5) is 0 Å². The van der Waals surface area contributed by atoms with Gasteiger partial charge in [0.25, 0.3) is 5.56 Å². The fourth-order valence-electron chi connectivity index (χ4n) is 1.76. The highest BCUT2D eigenvalue weighted by Gasteiger charge is 2.43. The summed E-state index contributed by atoms with van der Waals surface area (Å²) < 4.78 is 6.40. The van der Waals surface area contributed by atoms with Crippen molar-refractivity contribution in [1.29, 1.82) is 0 Å². The van der Waals surface area contributed by atoms with Crippen LogP contribution < -0.4 is 11.2 Å². The number of nitrogens with one attached hydrogen (secondary N) is 1. The minimum Gasteiger partial charge on any atom is -0.394 e. The number of H-pyrrole nitrogens is 1. The standard InChI is InChI=1S/C9H11IN2O6/c10-3-1-12(9(17)11-7(3)16)8-6(15)5(14)4(2-13)18-8/h1,4-6,8,13-15H,2H2,(H,11,16,17)/t4-,5+,6+,8+/m0/s1. The molecule has 1 aliphatic rings. The summed E-state index contributed by atoms with van der Waals surface area (Å²) in [4.78, 5) is 24.9. The van der Waals surface area contributed by atoms with Crippen LogP contribution in [0.3, 0.4) is 0 Å². The van der Waals surface area contributed by atoms with Gasteiger partial charge in [-0.3, -0.25) is 14.3 Å². The van der Waals surface area contributed by atoms with E-state index >= 15 is 0 Å². The highest BCUT2D eigenvalue weighted by molar-refractivity contribution is 14.1. The van der Waals surface area contributed by atoms with Crippen molar-refractivity contribution in [1.82, 2.24) is 9.55 Å². The first kappa shape index (κ1) is 13.7. The number of aromatic amines is 1. The Morgan fingerprint density at radius 3 is 2.61 bits per heavy atom. The van der Waals surface area contributed by atoms with Crippen molar-refractivity contribution in [3.63, 3.8) is 0 Å². The molecule has 1 fully saturated rings. The summed E-state index contributed by atoms with van der Waals surface area (Å²) in [7, 11) is 0. The maximum Gasteiger partial charge on any atom is 0.330 e. The number of aliphatic hydroxyl groups excluding tert-OH is 3. The Bertz CT molecular complexity index is 555. The summed E-state index contributed by atoms with van der Waals surface area (Å²) in [6.07, 6.45) is -3.54. The third-order valence-corrected chi connectivity index (χ3v) is 3.48. The van der Waals surface area contributed by atoms with Gasteiger partial charge in [-0.1, -0.05) is 0 Å². The van der Waals surface area contributed by atoms with Crippen LogP contribution in [-0.2, 0) is 4.74 Å². The Morgan fingerprint density at radius 2 is 2.06 bits per heavy atom. The molecule has 4 N–H and O–H groups in total. The van der Waals surface area contributed by atoms with Gasteiger partial charge in [0.1, 0.15) is 18.3 Å². The lowest BCUT2D eigenvalue weighted by molar-refractivity contribution is -0.0551. The predicted octanol–water partition coefficient (Wildman–Crippen LogP) is -2.25. The van der Waals surface area contributed by atoms with E-state index < -0.39 is 42.4 Å². The lowest BCUT2D eigenvalue weighted by Crippen LogP contribution is -2.38. The number of hydrogen-bond acceptors (Lipinski definition) is 6. The molecule has 100 valence electrons. The molecule has 0 amide bonds. The molecule has 1 aromatic rings. The largest absolute Gasteiger partial charge is 0.394 e. The maximum atomic E-state index is 11.6. The van der Waals surface area contributed by atoms with Crippen molar-refractivity contribution in [2.75, 3.05) is 6.61 Å². The normalized spacial score (nSPS) is 31.8. The Balaban J connectivity index is 2.42. The second-order valence-electron chi connectivity index (χ2n) is 3.87. The summed E-state index contributed by atoms with van der Waals surface area (Å²) in [5, 5.41) is 28.3. The number of ether oxygens (including phenoxy) is 1. The highest BCUT2D eigenvalue weighted by atomic mass is 127. The molecule has 0 saturated carbocycles. The SMILES string of the molecule is O=c1[nH]c(=O)n([C@@H]2O[C@@H](CO)[C@@H](O)[C@H]2O)cc1I. The smallest absolute Gasteiger partial charge is 0.330 e. The van der Waals surface area contributed by atoms with Gasteiger partial charge in [0.2, 0.25) is 0 Å². The molecule has 0 aromatic carbocycles. The fraction of sp³-hybridized carbons (Fsp3) is 0.556. The molecule has 8 nitrogen and oxygen atoms in total. The monoisotopic (exact) mass is 370 g/mol. The highest BCUT2D eigenvalue weighted by Crippen LogP contribution is 2.27. The van der Waals surface area contributed by atoms with Crippen molar-refractivity contribution < 1.29 is 20.1 Å². The van der Waals surface area contributed by atoms with E-state index in [2.05, 4.69) is 4.98 Å². The molecule has 1 aliphatic heterocycles. The van der Waals surface area contributed by atoms with Crippen molar-refractivity contribution in [2.45, 2.75) is 24.5 Å². The number of nitrogens with zero attached hydrogens (tertiary/aromatic N) is 1. The van der Waals surface area contributed by atoms with E-state index in [-0.39, 0.29) is 3.57 Å². The summed E-state index contributed by atoms with van der Waals surface area (Å²) in [6.45, 7) is -0.482. The Hall–Kier alpha value is -0.750. The van der Waals surface area contributed by atoms with Crippen LogP contribution in [0.2, 0.25) is 0 Å². The summed E-state index contributed by atoms with van der Waals surface area (Å²) in [6, 6.07) is 0. The van der Waals surface area contributed by atoms with Crippen LogP contribution in [0.15, 0.2) is 15.8 Å². The number of aromatic nitrogens is 2. The quantitative estimate of drug-likeness (QED) is 0.436. The Labute approximate surface area is 114 Å². The van der Waals surface area contributed by atoms with E-state index in [1.54, 1.807) is 22.6 Å². The fourth-order valence-corrected chi connectivity index (χ4v) is 2.19. The molecule has 18 heavy (non-hydrogen) atoms. The van der Waals surface area contributed by atoms with E-state index in [1.165, 1.54) is 6.20 Å². The molecule has 1 saturated heterocycles. The number of rotatable bonds is 2. The van der Waals surface area contributed by atoms with Gasteiger partial charge >= 0.3 is 5.69 Å². The molecule has 0 bridgehead atoms. The van der Waals surface area contributed by atoms with Gasteiger partial charge in [0, 0.05) is 6.20 Å². The molecule has 0 spiro atoms. The van der Waals surface area contributed by atoms with Crippen molar-refractivity contribution in [2.24, 2.45) is 0 Å². The first-order valence-corrected chi connectivity index (χ1v) is 6.17. The van der Waals surface area contributed by atoms with Crippen molar-refractivity contribution >= 4 is 22.6 Å². The summed E-state index contributed by atoms with van der Waals surface area (Å²) in [5.74, 6) is 0. The average molecular weight is 370 g/mol. The van der Waals surface area contributed by atoms with E-state index in [1.807, 2.05) is 0 Å². The maximum absolute atomic E-state index is 11.6. The van der Waals surface area contributed by atoms with E-state index in [0.29, 0.717) is 0 Å². The molecule has 0 radical (unpaired) electrons. The average Bonchev–Trinajstić information content (AvgIpc) is 2.61. The van der Waals surface area contributed by atoms with Gasteiger partial charge in [-0.2, -0.15) is 0 Å². The van der Waals surface area contributed by atoms with Gasteiger partial charge in [0.05, 0.1) is 10.2 Å². The number of aliphatic hydroxyl groups is 3. The molecular weight excluding hydrogens is 359 g/mol. The van der Waals surface area contributed by atoms with Crippen LogP contribution >= 0.6 is 22.6 Å². The van der Waals surface area contributed by atoms with Gasteiger partial charge in [-0.15, -0.1) is 0 Å². The third kappa shape index (κ3) is 2.23. The Morgan fingerprint density at radius 1 is 1.39 bits per heavy atom. The van der Waals surface area contributed by atoms with Crippen LogP contribution in [0.1, 0.15) is 6.23 Å². The molecule has 0 unspecified atom stereocenters. The third-order valence-electron chi connectivity index (χ3n) is 2.72. The van der Waals surface area contributed by atoms with Crippen LogP contribution in [0, 0.1) is 3.57 Å². The second kappa shape index (κ2) is 5.09. The molecule has 9 heteroatoms. The molecule has 2 rings (SSSR count). The lowest BCUT2D eigenvalue weighted by atomic mass is 10.1. The van der Waals surface area contributed by atoms with Gasteiger partial charge in [0.15, 0.2) is 6.23 Å². The zero-order valence-electron chi connectivity index (χ0n) is 8.99. The molecule has 4 atom stereocenters. The minimum absolute atomic E-state index is 0.241. The van der Waals surface area contributed by atoms with Crippen molar-refractivity contribution in [3.8, 4) is 0 Å². The zero-order chi connectivity index (χ0) is 13.4.